The second-order valence-electron chi connectivity index (χ2n) is 5.69. The molecule has 4 heteroatoms. The molecule has 0 aromatic heterocycles. The number of benzene rings is 2. The summed E-state index contributed by atoms with van der Waals surface area (Å²) in [5, 5.41) is 3.06. The highest BCUT2D eigenvalue weighted by Gasteiger charge is 2.25. The number of hydrogen-bond donors (Lipinski definition) is 1. The number of fused-ring (bicyclic) bond motifs is 1. The van der Waals surface area contributed by atoms with Gasteiger partial charge in [0.25, 0.3) is 0 Å². The van der Waals surface area contributed by atoms with Crippen molar-refractivity contribution >= 4 is 12.1 Å². The van der Waals surface area contributed by atoms with E-state index in [1.807, 2.05) is 31.2 Å². The molecule has 2 atom stereocenters. The van der Waals surface area contributed by atoms with Gasteiger partial charge in [-0.2, -0.15) is 0 Å². The Bertz CT molecular complexity index is 724. The van der Waals surface area contributed by atoms with Gasteiger partial charge in [-0.3, -0.25) is 9.79 Å². The summed E-state index contributed by atoms with van der Waals surface area (Å²) in [4.78, 5) is 17.0. The zero-order valence-corrected chi connectivity index (χ0v) is 13.0. The first kappa shape index (κ1) is 15.4. The topological polar surface area (TPSA) is 41.5 Å². The second-order valence-corrected chi connectivity index (χ2v) is 5.69. The molecule has 2 aromatic carbocycles. The van der Waals surface area contributed by atoms with Crippen molar-refractivity contribution < 1.29 is 9.18 Å². The lowest BCUT2D eigenvalue weighted by Gasteiger charge is -2.23. The number of aliphatic imine (C=N–C) groups is 1. The van der Waals surface area contributed by atoms with Crippen LogP contribution >= 0.6 is 0 Å². The minimum absolute atomic E-state index is 0.0722. The molecule has 0 saturated carbocycles. The molecule has 118 valence electrons. The maximum Gasteiger partial charge on any atom is 0.233 e. The summed E-state index contributed by atoms with van der Waals surface area (Å²) in [5.41, 5.74) is 3.00. The molecule has 0 saturated heterocycles. The van der Waals surface area contributed by atoms with Gasteiger partial charge in [-0.25, -0.2) is 4.39 Å². The molecule has 2 aromatic rings. The van der Waals surface area contributed by atoms with Crippen molar-refractivity contribution in [3.63, 3.8) is 0 Å². The number of amides is 1. The van der Waals surface area contributed by atoms with E-state index in [-0.39, 0.29) is 23.7 Å². The zero-order valence-electron chi connectivity index (χ0n) is 13.0. The third-order valence-electron chi connectivity index (χ3n) is 4.19. The van der Waals surface area contributed by atoms with Crippen LogP contribution in [0.1, 0.15) is 42.0 Å². The minimum atomic E-state index is -0.366. The molecule has 1 aliphatic heterocycles. The van der Waals surface area contributed by atoms with Gasteiger partial charge in [0.2, 0.25) is 5.91 Å². The fourth-order valence-electron chi connectivity index (χ4n) is 2.90. The predicted molar refractivity (Wildman–Crippen MR) is 89.0 cm³/mol. The lowest BCUT2D eigenvalue weighted by molar-refractivity contribution is -0.121. The van der Waals surface area contributed by atoms with Crippen molar-refractivity contribution in [3.05, 3.63) is 71.0 Å². The van der Waals surface area contributed by atoms with Crippen LogP contribution in [-0.4, -0.2) is 12.1 Å². The van der Waals surface area contributed by atoms with E-state index in [0.29, 0.717) is 6.54 Å². The number of carbonyl (C=O) groups excluding carboxylic acids is 1. The molecule has 1 heterocycles. The van der Waals surface area contributed by atoms with Gasteiger partial charge in [0.1, 0.15) is 5.82 Å². The average Bonchev–Trinajstić information content (AvgIpc) is 2.60. The third-order valence-corrected chi connectivity index (χ3v) is 4.19. The highest BCUT2D eigenvalue weighted by atomic mass is 19.1. The lowest BCUT2D eigenvalue weighted by Crippen LogP contribution is -2.34. The number of halogens is 1. The smallest absolute Gasteiger partial charge is 0.233 e. The van der Waals surface area contributed by atoms with Crippen LogP contribution in [0.5, 0.6) is 0 Å². The van der Waals surface area contributed by atoms with Crippen LogP contribution in [0, 0.1) is 5.82 Å². The lowest BCUT2D eigenvalue weighted by atomic mass is 9.91. The van der Waals surface area contributed by atoms with Crippen LogP contribution in [0.15, 0.2) is 53.5 Å². The fourth-order valence-corrected chi connectivity index (χ4v) is 2.90. The van der Waals surface area contributed by atoms with E-state index in [1.165, 1.54) is 12.1 Å². The SMILES string of the molecule is CC[C@H](NC(=O)C1C=NCc2ccccc21)c1ccc(F)cc1. The first-order valence-corrected chi connectivity index (χ1v) is 7.82. The molecule has 1 aliphatic rings. The Balaban J connectivity index is 1.79. The minimum Gasteiger partial charge on any atom is -0.348 e. The van der Waals surface area contributed by atoms with Crippen LogP contribution in [-0.2, 0) is 11.3 Å². The monoisotopic (exact) mass is 310 g/mol. The van der Waals surface area contributed by atoms with Crippen LogP contribution in [0.4, 0.5) is 4.39 Å². The van der Waals surface area contributed by atoms with Gasteiger partial charge in [-0.15, -0.1) is 0 Å². The molecular weight excluding hydrogens is 291 g/mol. The fraction of sp³-hybridized carbons (Fsp3) is 0.263. The number of nitrogens with zero attached hydrogens (tertiary/aromatic N) is 1. The average molecular weight is 310 g/mol. The largest absolute Gasteiger partial charge is 0.348 e. The van der Waals surface area contributed by atoms with E-state index >= 15 is 0 Å². The third kappa shape index (κ3) is 3.31. The van der Waals surface area contributed by atoms with Crippen molar-refractivity contribution in [3.8, 4) is 0 Å². The van der Waals surface area contributed by atoms with Gasteiger partial charge in [-0.1, -0.05) is 43.3 Å². The Morgan fingerprint density at radius 3 is 2.74 bits per heavy atom. The molecule has 3 nitrogen and oxygen atoms in total. The summed E-state index contributed by atoms with van der Waals surface area (Å²) in [6, 6.07) is 14.0. The molecule has 1 unspecified atom stereocenters. The first-order valence-electron chi connectivity index (χ1n) is 7.82. The maximum absolute atomic E-state index is 13.1. The Hall–Kier alpha value is -2.49. The van der Waals surface area contributed by atoms with Crippen LogP contribution < -0.4 is 5.32 Å². The van der Waals surface area contributed by atoms with Crippen LogP contribution in [0.3, 0.4) is 0 Å². The number of carbonyl (C=O) groups is 1. The predicted octanol–water partition coefficient (Wildman–Crippen LogP) is 3.76. The summed E-state index contributed by atoms with van der Waals surface area (Å²) in [6.45, 7) is 2.62. The van der Waals surface area contributed by atoms with Gasteiger partial charge in [0.05, 0.1) is 18.5 Å². The number of rotatable bonds is 4. The molecular formula is C19H19FN2O. The summed E-state index contributed by atoms with van der Waals surface area (Å²) < 4.78 is 13.1. The number of nitrogens with one attached hydrogen (secondary N) is 1. The normalized spacial score (nSPS) is 17.4. The Morgan fingerprint density at radius 2 is 2.00 bits per heavy atom. The van der Waals surface area contributed by atoms with Crippen LogP contribution in [0.25, 0.3) is 0 Å². The second kappa shape index (κ2) is 6.73. The molecule has 1 N–H and O–H groups in total. The molecule has 0 aliphatic carbocycles. The summed E-state index contributed by atoms with van der Waals surface area (Å²) in [6.07, 6.45) is 2.46. The van der Waals surface area contributed by atoms with Gasteiger partial charge >= 0.3 is 0 Å². The first-order chi connectivity index (χ1) is 11.2. The Kier molecular flexibility index (Phi) is 4.51. The summed E-state index contributed by atoms with van der Waals surface area (Å²) in [7, 11) is 0. The van der Waals surface area contributed by atoms with Crippen molar-refractivity contribution in [1.29, 1.82) is 0 Å². The molecule has 0 bridgehead atoms. The highest BCUT2D eigenvalue weighted by molar-refractivity contribution is 6.00. The van der Waals surface area contributed by atoms with E-state index in [0.717, 1.165) is 23.1 Å². The number of hydrogen-bond acceptors (Lipinski definition) is 2. The maximum atomic E-state index is 13.1. The molecule has 0 radical (unpaired) electrons. The molecule has 3 rings (SSSR count). The molecule has 1 amide bonds. The summed E-state index contributed by atoms with van der Waals surface area (Å²) in [5.74, 6) is -0.713. The van der Waals surface area contributed by atoms with E-state index in [2.05, 4.69) is 10.3 Å². The standard InChI is InChI=1S/C19H19FN2O/c1-2-18(13-7-9-15(20)10-8-13)22-19(23)17-12-21-11-14-5-3-4-6-16(14)17/h3-10,12,17-18H,2,11H2,1H3,(H,22,23)/t17?,18-/m0/s1. The van der Waals surface area contributed by atoms with E-state index in [9.17, 15) is 9.18 Å². The van der Waals surface area contributed by atoms with Gasteiger partial charge < -0.3 is 5.32 Å². The molecule has 23 heavy (non-hydrogen) atoms. The highest BCUT2D eigenvalue weighted by Crippen LogP contribution is 2.25. The van der Waals surface area contributed by atoms with Gasteiger partial charge in [0, 0.05) is 6.21 Å². The van der Waals surface area contributed by atoms with Crippen molar-refractivity contribution in [2.45, 2.75) is 31.8 Å². The van der Waals surface area contributed by atoms with Gasteiger partial charge in [0.15, 0.2) is 0 Å². The Labute approximate surface area is 135 Å². The van der Waals surface area contributed by atoms with Crippen molar-refractivity contribution in [1.82, 2.24) is 5.32 Å². The van der Waals surface area contributed by atoms with E-state index in [4.69, 9.17) is 0 Å². The van der Waals surface area contributed by atoms with Crippen molar-refractivity contribution in [2.24, 2.45) is 4.99 Å². The Morgan fingerprint density at radius 1 is 1.26 bits per heavy atom. The van der Waals surface area contributed by atoms with Crippen LogP contribution in [0.2, 0.25) is 0 Å². The van der Waals surface area contributed by atoms with Gasteiger partial charge in [-0.05, 0) is 35.2 Å². The summed E-state index contributed by atoms with van der Waals surface area (Å²) >= 11 is 0. The zero-order chi connectivity index (χ0) is 16.2. The quantitative estimate of drug-likeness (QED) is 0.918. The molecule has 0 spiro atoms. The van der Waals surface area contributed by atoms with Crippen molar-refractivity contribution in [2.75, 3.05) is 0 Å². The van der Waals surface area contributed by atoms with E-state index in [1.54, 1.807) is 18.3 Å². The molecule has 0 fully saturated rings. The van der Waals surface area contributed by atoms with E-state index < -0.39 is 0 Å².